The van der Waals surface area contributed by atoms with E-state index in [0.717, 1.165) is 51.4 Å². The van der Waals surface area contributed by atoms with Gasteiger partial charge >= 0.3 is 5.97 Å². The monoisotopic (exact) mass is 549 g/mol. The van der Waals surface area contributed by atoms with Crippen molar-refractivity contribution in [2.45, 2.75) is 86.0 Å². The van der Waals surface area contributed by atoms with Gasteiger partial charge in [0.15, 0.2) is 0 Å². The van der Waals surface area contributed by atoms with Crippen LogP contribution in [0.3, 0.4) is 0 Å². The molecule has 8 nitrogen and oxygen atoms in total. The van der Waals surface area contributed by atoms with Gasteiger partial charge < -0.3 is 20.1 Å². The number of hydrogen-bond acceptors (Lipinski definition) is 6. The summed E-state index contributed by atoms with van der Waals surface area (Å²) in [6, 6.07) is 3.06. The number of benzene rings is 1. The highest BCUT2D eigenvalue weighted by Gasteiger charge is 2.24. The number of nitrogens with zero attached hydrogens (tertiary/aromatic N) is 1. The number of allylic oxidation sites excluding steroid dienone is 1. The first-order valence-electron chi connectivity index (χ1n) is 13.5. The van der Waals surface area contributed by atoms with Crippen LogP contribution in [0, 0.1) is 11.8 Å². The molecule has 38 heavy (non-hydrogen) atoms. The summed E-state index contributed by atoms with van der Waals surface area (Å²) in [7, 11) is 1.46. The number of nitrogens with one attached hydrogen (secondary N) is 2. The molecule has 0 aliphatic heterocycles. The summed E-state index contributed by atoms with van der Waals surface area (Å²) in [5, 5.41) is 5.80. The number of methoxy groups -OCH3 is 1. The van der Waals surface area contributed by atoms with E-state index in [-0.39, 0.29) is 40.2 Å². The van der Waals surface area contributed by atoms with Crippen LogP contribution in [0.5, 0.6) is 5.75 Å². The molecule has 1 saturated carbocycles. The van der Waals surface area contributed by atoms with Gasteiger partial charge in [-0.3, -0.25) is 14.4 Å². The molecular formula is C29H44ClN3O5. The lowest BCUT2D eigenvalue weighted by Gasteiger charge is -2.15. The van der Waals surface area contributed by atoms with Crippen molar-refractivity contribution in [1.29, 1.82) is 0 Å². The highest BCUT2D eigenvalue weighted by molar-refractivity contribution is 6.34. The van der Waals surface area contributed by atoms with E-state index < -0.39 is 0 Å². The number of amidine groups is 1. The maximum atomic E-state index is 12.5. The zero-order chi connectivity index (χ0) is 28.5. The van der Waals surface area contributed by atoms with Crippen LogP contribution < -0.4 is 15.4 Å². The fraction of sp³-hybridized carbons (Fsp3) is 0.586. The Bertz CT molecular complexity index is 965. The van der Waals surface area contributed by atoms with E-state index in [4.69, 9.17) is 21.1 Å². The fourth-order valence-corrected chi connectivity index (χ4v) is 4.42. The van der Waals surface area contributed by atoms with E-state index >= 15 is 0 Å². The van der Waals surface area contributed by atoms with Crippen LogP contribution in [0.2, 0.25) is 5.02 Å². The molecule has 0 spiro atoms. The number of anilines is 1. The molecule has 1 aliphatic carbocycles. The molecule has 2 amide bonds. The first-order chi connectivity index (χ1) is 18.2. The molecule has 0 radical (unpaired) electrons. The first kappa shape index (κ1) is 33.2. The molecule has 1 fully saturated rings. The normalized spacial score (nSPS) is 13.7. The Kier molecular flexibility index (Phi) is 16.0. The first-order valence-corrected chi connectivity index (χ1v) is 13.9. The third-order valence-corrected chi connectivity index (χ3v) is 6.44. The summed E-state index contributed by atoms with van der Waals surface area (Å²) in [6.45, 7) is 10.1. The maximum absolute atomic E-state index is 12.5. The molecule has 0 saturated heterocycles. The largest absolute Gasteiger partial charge is 0.496 e. The molecule has 0 heterocycles. The van der Waals surface area contributed by atoms with E-state index in [0.29, 0.717) is 23.9 Å². The molecule has 1 aromatic carbocycles. The Hall–Kier alpha value is -2.87. The molecule has 2 rings (SSSR count). The summed E-state index contributed by atoms with van der Waals surface area (Å²) >= 11 is 6.28. The number of ether oxygens (including phenoxy) is 2. The molecule has 0 atom stereocenters. The summed E-state index contributed by atoms with van der Waals surface area (Å²) in [5.74, 6) is 0.491. The Balaban J connectivity index is 0.000000508. The zero-order valence-electron chi connectivity index (χ0n) is 23.7. The number of hydrogen-bond donors (Lipinski definition) is 2. The molecule has 0 unspecified atom stereocenters. The predicted octanol–water partition coefficient (Wildman–Crippen LogP) is 6.93. The molecule has 212 valence electrons. The van der Waals surface area contributed by atoms with Crippen molar-refractivity contribution < 1.29 is 23.9 Å². The molecule has 1 aromatic rings. The van der Waals surface area contributed by atoms with Gasteiger partial charge in [0, 0.05) is 18.2 Å². The lowest BCUT2D eigenvalue weighted by Crippen LogP contribution is -2.28. The van der Waals surface area contributed by atoms with Crippen LogP contribution in [-0.4, -0.2) is 37.3 Å². The van der Waals surface area contributed by atoms with Gasteiger partial charge in [-0.25, -0.2) is 4.99 Å². The Labute approximate surface area is 232 Å². The van der Waals surface area contributed by atoms with Gasteiger partial charge in [0.25, 0.3) is 5.91 Å². The van der Waals surface area contributed by atoms with Gasteiger partial charge in [-0.2, -0.15) is 0 Å². The molecule has 9 heteroatoms. The molecule has 2 N–H and O–H groups in total. The quantitative estimate of drug-likeness (QED) is 0.177. The zero-order valence-corrected chi connectivity index (χ0v) is 24.5. The van der Waals surface area contributed by atoms with E-state index in [1.54, 1.807) is 25.3 Å². The standard InChI is InChI=1S/C19H24ClN3O3.C10H20O2/c1-4-9-21-12(2)22-19(25)14-10-15(20)16(11-17(14)26-3)23-18(24)13-7-5-6-8-13;1-4-7-9(8-5-2)10(11)12-6-3/h4,9-11,13H,5-8H2,1-3H3,(H,23,24)(H,21,22,25);9H,4-8H2,1-3H3/b9-4-;. The van der Waals surface area contributed by atoms with Crippen molar-refractivity contribution in [2.75, 3.05) is 19.0 Å². The highest BCUT2D eigenvalue weighted by atomic mass is 35.5. The minimum atomic E-state index is -0.386. The van der Waals surface area contributed by atoms with E-state index in [1.807, 2.05) is 13.8 Å². The topological polar surface area (TPSA) is 106 Å². The van der Waals surface area contributed by atoms with Crippen molar-refractivity contribution in [2.24, 2.45) is 16.8 Å². The predicted molar refractivity (Wildman–Crippen MR) is 154 cm³/mol. The van der Waals surface area contributed by atoms with Crippen molar-refractivity contribution in [3.05, 3.63) is 35.0 Å². The number of aliphatic imine (C=N–C) groups is 1. The van der Waals surface area contributed by atoms with Crippen LogP contribution in [0.25, 0.3) is 0 Å². The third kappa shape index (κ3) is 11.3. The van der Waals surface area contributed by atoms with E-state index in [9.17, 15) is 14.4 Å². The van der Waals surface area contributed by atoms with Crippen molar-refractivity contribution in [1.82, 2.24) is 5.32 Å². The highest BCUT2D eigenvalue weighted by Crippen LogP contribution is 2.33. The molecular weight excluding hydrogens is 506 g/mol. The smallest absolute Gasteiger partial charge is 0.308 e. The van der Waals surface area contributed by atoms with Crippen LogP contribution in [-0.2, 0) is 14.3 Å². The number of halogens is 1. The average molecular weight is 550 g/mol. The summed E-state index contributed by atoms with van der Waals surface area (Å²) in [5.41, 5.74) is 0.711. The van der Waals surface area contributed by atoms with Crippen LogP contribution >= 0.6 is 11.6 Å². The van der Waals surface area contributed by atoms with Crippen molar-refractivity contribution in [3.8, 4) is 5.75 Å². The van der Waals surface area contributed by atoms with Gasteiger partial charge in [-0.05, 0) is 52.5 Å². The summed E-state index contributed by atoms with van der Waals surface area (Å²) < 4.78 is 10.3. The molecule has 0 aromatic heterocycles. The van der Waals surface area contributed by atoms with Crippen molar-refractivity contribution >= 4 is 40.9 Å². The van der Waals surface area contributed by atoms with Gasteiger partial charge in [-0.15, -0.1) is 0 Å². The number of esters is 1. The van der Waals surface area contributed by atoms with Gasteiger partial charge in [0.2, 0.25) is 5.91 Å². The van der Waals surface area contributed by atoms with E-state index in [1.165, 1.54) is 13.2 Å². The Morgan fingerprint density at radius 3 is 2.29 bits per heavy atom. The minimum absolute atomic E-state index is 0.0128. The second kappa shape index (κ2) is 18.4. The Morgan fingerprint density at radius 2 is 1.76 bits per heavy atom. The number of rotatable bonds is 11. The minimum Gasteiger partial charge on any atom is -0.496 e. The SMILES string of the molecule is C/C=C\N=C(C)NC(=O)c1cc(Cl)c(NC(=O)C2CCCC2)cc1OC.CCCC(CCC)C(=O)OCC. The third-order valence-electron chi connectivity index (χ3n) is 6.12. The summed E-state index contributed by atoms with van der Waals surface area (Å²) in [4.78, 5) is 40.1. The fourth-order valence-electron chi connectivity index (χ4n) is 4.21. The maximum Gasteiger partial charge on any atom is 0.308 e. The van der Waals surface area contributed by atoms with Gasteiger partial charge in [-0.1, -0.05) is 57.2 Å². The lowest BCUT2D eigenvalue weighted by molar-refractivity contribution is -0.148. The molecule has 1 aliphatic rings. The number of carbonyl (C=O) groups excluding carboxylic acids is 3. The second-order valence-corrected chi connectivity index (χ2v) is 9.59. The summed E-state index contributed by atoms with van der Waals surface area (Å²) in [6.07, 6.45) is 11.3. The Morgan fingerprint density at radius 1 is 1.13 bits per heavy atom. The number of amides is 2. The lowest BCUT2D eigenvalue weighted by atomic mass is 9.99. The van der Waals surface area contributed by atoms with Gasteiger partial charge in [0.05, 0.1) is 35.9 Å². The van der Waals surface area contributed by atoms with Crippen LogP contribution in [0.4, 0.5) is 5.69 Å². The average Bonchev–Trinajstić information content (AvgIpc) is 3.44. The van der Waals surface area contributed by atoms with Crippen LogP contribution in [0.1, 0.15) is 96.3 Å². The van der Waals surface area contributed by atoms with E-state index in [2.05, 4.69) is 29.5 Å². The van der Waals surface area contributed by atoms with Gasteiger partial charge in [0.1, 0.15) is 11.6 Å². The van der Waals surface area contributed by atoms with Crippen molar-refractivity contribution in [3.63, 3.8) is 0 Å². The number of carbonyl (C=O) groups is 3. The molecule has 0 bridgehead atoms. The van der Waals surface area contributed by atoms with Crippen LogP contribution in [0.15, 0.2) is 29.4 Å². The second-order valence-electron chi connectivity index (χ2n) is 9.18.